The maximum atomic E-state index is 10.9. The van der Waals surface area contributed by atoms with Crippen molar-refractivity contribution in [2.24, 2.45) is 5.73 Å². The molecular weight excluding hydrogens is 238 g/mol. The third-order valence-electron chi connectivity index (χ3n) is 2.17. The number of hydrogen-bond donors (Lipinski definition) is 2. The van der Waals surface area contributed by atoms with Crippen LogP contribution in [-0.4, -0.2) is 24.0 Å². The lowest BCUT2D eigenvalue weighted by Gasteiger charge is -2.07. The van der Waals surface area contributed by atoms with E-state index in [1.807, 2.05) is 6.92 Å². The molecule has 0 bridgehead atoms. The van der Waals surface area contributed by atoms with E-state index in [1.54, 1.807) is 6.07 Å². The molecule has 0 atom stereocenters. The fraction of sp³-hybridized carbons (Fsp3) is 0.364. The highest BCUT2D eigenvalue weighted by Crippen LogP contribution is 2.27. The van der Waals surface area contributed by atoms with Gasteiger partial charge < -0.3 is 15.8 Å². The normalized spacial score (nSPS) is 10.1. The molecule has 0 unspecified atom stereocenters. The van der Waals surface area contributed by atoms with Gasteiger partial charge in [0.05, 0.1) is 4.92 Å². The molecule has 0 saturated carbocycles. The molecule has 98 valence electrons. The van der Waals surface area contributed by atoms with Gasteiger partial charge in [-0.15, -0.1) is 0 Å². The number of amides is 1. The van der Waals surface area contributed by atoms with Crippen LogP contribution in [-0.2, 0) is 11.3 Å². The molecule has 18 heavy (non-hydrogen) atoms. The van der Waals surface area contributed by atoms with Crippen LogP contribution in [0, 0.1) is 10.1 Å². The van der Waals surface area contributed by atoms with Crippen LogP contribution in [0.4, 0.5) is 5.69 Å². The molecule has 0 spiro atoms. The average Bonchev–Trinajstić information content (AvgIpc) is 2.34. The van der Waals surface area contributed by atoms with Crippen LogP contribution in [0.2, 0.25) is 0 Å². The number of hydrogen-bond acceptors (Lipinski definition) is 5. The van der Waals surface area contributed by atoms with Crippen LogP contribution in [0.3, 0.4) is 0 Å². The SMILES string of the molecule is CCNCc1ccc(OCC(N)=O)c([N+](=O)[O-])c1. The number of carbonyl (C=O) groups excluding carboxylic acids is 1. The highest BCUT2D eigenvalue weighted by atomic mass is 16.6. The monoisotopic (exact) mass is 253 g/mol. The third-order valence-corrected chi connectivity index (χ3v) is 2.17. The molecule has 7 nitrogen and oxygen atoms in total. The Hall–Kier alpha value is -2.15. The number of benzene rings is 1. The summed E-state index contributed by atoms with van der Waals surface area (Å²) in [6.07, 6.45) is 0. The van der Waals surface area contributed by atoms with Crippen LogP contribution in [0.15, 0.2) is 18.2 Å². The van der Waals surface area contributed by atoms with Gasteiger partial charge in [0, 0.05) is 12.6 Å². The summed E-state index contributed by atoms with van der Waals surface area (Å²) in [5.74, 6) is -0.639. The Bertz CT molecular complexity index is 448. The fourth-order valence-corrected chi connectivity index (χ4v) is 1.36. The van der Waals surface area contributed by atoms with Gasteiger partial charge in [-0.1, -0.05) is 13.0 Å². The van der Waals surface area contributed by atoms with E-state index in [2.05, 4.69) is 5.32 Å². The zero-order chi connectivity index (χ0) is 13.5. The number of nitro groups is 1. The first-order valence-electron chi connectivity index (χ1n) is 5.43. The first-order valence-corrected chi connectivity index (χ1v) is 5.43. The minimum absolute atomic E-state index is 0.0408. The number of nitrogens with zero attached hydrogens (tertiary/aromatic N) is 1. The van der Waals surface area contributed by atoms with Crippen molar-refractivity contribution in [3.8, 4) is 5.75 Å². The van der Waals surface area contributed by atoms with Gasteiger partial charge in [-0.2, -0.15) is 0 Å². The van der Waals surface area contributed by atoms with Crippen LogP contribution in [0.25, 0.3) is 0 Å². The van der Waals surface area contributed by atoms with Gasteiger partial charge in [0.1, 0.15) is 0 Å². The number of ether oxygens (including phenoxy) is 1. The minimum Gasteiger partial charge on any atom is -0.477 e. The summed E-state index contributed by atoms with van der Waals surface area (Å²) in [5.41, 5.74) is 5.52. The molecule has 0 aliphatic heterocycles. The van der Waals surface area contributed by atoms with E-state index in [9.17, 15) is 14.9 Å². The van der Waals surface area contributed by atoms with Crippen molar-refractivity contribution in [1.82, 2.24) is 5.32 Å². The maximum absolute atomic E-state index is 10.9. The summed E-state index contributed by atoms with van der Waals surface area (Å²) in [6, 6.07) is 4.58. The molecule has 0 aliphatic rings. The first kappa shape index (κ1) is 13.9. The largest absolute Gasteiger partial charge is 0.477 e. The molecule has 7 heteroatoms. The van der Waals surface area contributed by atoms with Crippen molar-refractivity contribution in [2.45, 2.75) is 13.5 Å². The second-order valence-corrected chi connectivity index (χ2v) is 3.59. The van der Waals surface area contributed by atoms with Crippen molar-refractivity contribution < 1.29 is 14.5 Å². The molecule has 0 heterocycles. The van der Waals surface area contributed by atoms with Crippen molar-refractivity contribution in [2.75, 3.05) is 13.2 Å². The van der Waals surface area contributed by atoms with Crippen molar-refractivity contribution in [3.05, 3.63) is 33.9 Å². The van der Waals surface area contributed by atoms with E-state index in [0.717, 1.165) is 12.1 Å². The van der Waals surface area contributed by atoms with Gasteiger partial charge >= 0.3 is 5.69 Å². The highest BCUT2D eigenvalue weighted by molar-refractivity contribution is 5.75. The molecule has 1 aromatic carbocycles. The Kier molecular flexibility index (Phi) is 5.06. The summed E-state index contributed by atoms with van der Waals surface area (Å²) in [4.78, 5) is 20.9. The van der Waals surface area contributed by atoms with Gasteiger partial charge in [0.2, 0.25) is 0 Å². The molecule has 0 saturated heterocycles. The zero-order valence-corrected chi connectivity index (χ0v) is 10.0. The topological polar surface area (TPSA) is 107 Å². The molecule has 0 radical (unpaired) electrons. The van der Waals surface area contributed by atoms with Crippen LogP contribution < -0.4 is 15.8 Å². The van der Waals surface area contributed by atoms with Crippen molar-refractivity contribution >= 4 is 11.6 Å². The smallest absolute Gasteiger partial charge is 0.311 e. The maximum Gasteiger partial charge on any atom is 0.311 e. The number of nitrogens with one attached hydrogen (secondary N) is 1. The lowest BCUT2D eigenvalue weighted by molar-refractivity contribution is -0.385. The zero-order valence-electron chi connectivity index (χ0n) is 10.0. The quantitative estimate of drug-likeness (QED) is 0.545. The minimum atomic E-state index is -0.680. The second-order valence-electron chi connectivity index (χ2n) is 3.59. The number of rotatable bonds is 7. The summed E-state index contributed by atoms with van der Waals surface area (Å²) in [6.45, 7) is 2.87. The molecule has 0 fully saturated rings. The molecular formula is C11H15N3O4. The van der Waals surface area contributed by atoms with E-state index in [-0.39, 0.29) is 18.0 Å². The van der Waals surface area contributed by atoms with Gasteiger partial charge in [-0.05, 0) is 18.2 Å². The summed E-state index contributed by atoms with van der Waals surface area (Å²) in [7, 11) is 0. The second kappa shape index (κ2) is 6.55. The predicted octanol–water partition coefficient (Wildman–Crippen LogP) is 0.568. The van der Waals surface area contributed by atoms with Gasteiger partial charge in [0.15, 0.2) is 12.4 Å². The lowest BCUT2D eigenvalue weighted by Crippen LogP contribution is -2.20. The van der Waals surface area contributed by atoms with E-state index in [4.69, 9.17) is 10.5 Å². The highest BCUT2D eigenvalue weighted by Gasteiger charge is 2.16. The van der Waals surface area contributed by atoms with Crippen LogP contribution in [0.5, 0.6) is 5.75 Å². The Morgan fingerprint density at radius 3 is 2.83 bits per heavy atom. The molecule has 1 rings (SSSR count). The molecule has 1 aromatic rings. The van der Waals surface area contributed by atoms with Crippen LogP contribution >= 0.6 is 0 Å². The molecule has 3 N–H and O–H groups in total. The number of nitro benzene ring substituents is 1. The third kappa shape index (κ3) is 4.02. The van der Waals surface area contributed by atoms with E-state index in [1.165, 1.54) is 12.1 Å². The Morgan fingerprint density at radius 2 is 2.28 bits per heavy atom. The van der Waals surface area contributed by atoms with E-state index < -0.39 is 10.8 Å². The average molecular weight is 253 g/mol. The van der Waals surface area contributed by atoms with Crippen LogP contribution in [0.1, 0.15) is 12.5 Å². The molecule has 1 amide bonds. The van der Waals surface area contributed by atoms with Crippen molar-refractivity contribution in [3.63, 3.8) is 0 Å². The standard InChI is InChI=1S/C11H15N3O4/c1-2-13-6-8-3-4-10(18-7-11(12)15)9(5-8)14(16)17/h3-5,13H,2,6-7H2,1H3,(H2,12,15). The lowest BCUT2D eigenvalue weighted by atomic mass is 10.2. The van der Waals surface area contributed by atoms with E-state index in [0.29, 0.717) is 6.54 Å². The van der Waals surface area contributed by atoms with Gasteiger partial charge in [0.25, 0.3) is 5.91 Å². The van der Waals surface area contributed by atoms with E-state index >= 15 is 0 Å². The Morgan fingerprint density at radius 1 is 1.56 bits per heavy atom. The summed E-state index contributed by atoms with van der Waals surface area (Å²) < 4.78 is 4.98. The molecule has 0 aliphatic carbocycles. The first-order chi connectivity index (χ1) is 8.54. The Labute approximate surface area is 104 Å². The molecule has 0 aromatic heterocycles. The fourth-order valence-electron chi connectivity index (χ4n) is 1.36. The Balaban J connectivity index is 2.89. The van der Waals surface area contributed by atoms with Gasteiger partial charge in [-0.3, -0.25) is 14.9 Å². The van der Waals surface area contributed by atoms with Crippen molar-refractivity contribution in [1.29, 1.82) is 0 Å². The van der Waals surface area contributed by atoms with Gasteiger partial charge in [-0.25, -0.2) is 0 Å². The number of carbonyl (C=O) groups is 1. The summed E-state index contributed by atoms with van der Waals surface area (Å²) >= 11 is 0. The number of primary amides is 1. The summed E-state index contributed by atoms with van der Waals surface area (Å²) in [5, 5.41) is 13.9. The number of nitrogens with two attached hydrogens (primary N) is 1. The predicted molar refractivity (Wildman–Crippen MR) is 65.2 cm³/mol.